The third-order valence-electron chi connectivity index (χ3n) is 1.81. The first-order chi connectivity index (χ1) is 7.89. The highest BCUT2D eigenvalue weighted by atomic mass is 31.2. The monoisotopic (exact) mass is 257 g/mol. The van der Waals surface area contributed by atoms with Crippen LogP contribution in [0.25, 0.3) is 0 Å². The molecule has 92 valence electrons. The van der Waals surface area contributed by atoms with Gasteiger partial charge in [0.2, 0.25) is 0 Å². The molecule has 0 bridgehead atoms. The van der Waals surface area contributed by atoms with Crippen molar-refractivity contribution in [3.8, 4) is 0 Å². The first-order valence-corrected chi connectivity index (χ1v) is 6.23. The zero-order chi connectivity index (χ0) is 12.9. The Morgan fingerprint density at radius 3 is 2.47 bits per heavy atom. The first kappa shape index (κ1) is 13.4. The van der Waals surface area contributed by atoms with E-state index < -0.39 is 19.1 Å². The molecule has 6 nitrogen and oxygen atoms in total. The summed E-state index contributed by atoms with van der Waals surface area (Å²) in [5.41, 5.74) is 0.0833. The van der Waals surface area contributed by atoms with E-state index in [0.29, 0.717) is 0 Å². The summed E-state index contributed by atoms with van der Waals surface area (Å²) >= 11 is 0. The van der Waals surface area contributed by atoms with Crippen LogP contribution in [-0.2, 0) is 15.9 Å². The molecule has 0 unspecified atom stereocenters. The van der Waals surface area contributed by atoms with Crippen molar-refractivity contribution in [1.29, 1.82) is 0 Å². The van der Waals surface area contributed by atoms with Crippen LogP contribution in [0, 0.1) is 0 Å². The first-order valence-electron chi connectivity index (χ1n) is 4.62. The van der Waals surface area contributed by atoms with Gasteiger partial charge in [0, 0.05) is 0 Å². The molecule has 0 aliphatic carbocycles. The van der Waals surface area contributed by atoms with Crippen LogP contribution in [0.5, 0.6) is 0 Å². The van der Waals surface area contributed by atoms with E-state index in [1.165, 1.54) is 0 Å². The van der Waals surface area contributed by atoms with E-state index >= 15 is 0 Å². The van der Waals surface area contributed by atoms with E-state index in [4.69, 9.17) is 14.5 Å². The van der Waals surface area contributed by atoms with Crippen molar-refractivity contribution in [2.45, 2.75) is 6.61 Å². The van der Waals surface area contributed by atoms with Crippen LogP contribution in [0.4, 0.5) is 4.79 Å². The molecule has 0 aliphatic rings. The third kappa shape index (κ3) is 4.82. The number of amides is 1. The van der Waals surface area contributed by atoms with Crippen molar-refractivity contribution in [2.75, 3.05) is 0 Å². The fourth-order valence-electron chi connectivity index (χ4n) is 0.950. The molecule has 1 rings (SSSR count). The second-order valence-electron chi connectivity index (χ2n) is 3.18. The number of ether oxygens (including phenoxy) is 1. The Hall–Kier alpha value is -1.62. The van der Waals surface area contributed by atoms with Gasteiger partial charge in [-0.2, -0.15) is 0 Å². The van der Waals surface area contributed by atoms with Gasteiger partial charge in [-0.05, 0) is 5.56 Å². The average molecular weight is 257 g/mol. The van der Waals surface area contributed by atoms with Crippen molar-refractivity contribution < 1.29 is 23.9 Å². The van der Waals surface area contributed by atoms with E-state index in [1.54, 1.807) is 24.3 Å². The Labute approximate surface area is 98.1 Å². The molecule has 7 heteroatoms. The molecule has 0 atom stereocenters. The number of carbonyl (C=O) groups excluding carboxylic acids is 1. The molecular formula is C10H12NO5P. The lowest BCUT2D eigenvalue weighted by atomic mass is 10.2. The fourth-order valence-corrected chi connectivity index (χ4v) is 1.19. The summed E-state index contributed by atoms with van der Waals surface area (Å²) in [6.07, 6.45) is -0.956. The number of hydrogen-bond acceptors (Lipinski definition) is 3. The van der Waals surface area contributed by atoms with Gasteiger partial charge in [0.25, 0.3) is 0 Å². The summed E-state index contributed by atoms with van der Waals surface area (Å²) in [6.45, 7) is 3.06. The van der Waals surface area contributed by atoms with E-state index in [2.05, 4.69) is 6.58 Å². The quantitative estimate of drug-likeness (QED) is 0.711. The van der Waals surface area contributed by atoms with Gasteiger partial charge in [0.05, 0.1) is 0 Å². The molecule has 0 aromatic heterocycles. The SMILES string of the molecule is C=C(NC(=O)OCc1ccccc1)P(=O)(O)O. The Kier molecular flexibility index (Phi) is 4.45. The predicted molar refractivity (Wildman–Crippen MR) is 60.9 cm³/mol. The minimum absolute atomic E-state index is 0.0150. The normalized spacial score (nSPS) is 10.7. The summed E-state index contributed by atoms with van der Waals surface area (Å²) in [7, 11) is -4.51. The summed E-state index contributed by atoms with van der Waals surface area (Å²) < 4.78 is 15.4. The second kappa shape index (κ2) is 5.63. The average Bonchev–Trinajstić information content (AvgIpc) is 2.26. The molecule has 1 amide bonds. The Bertz CT molecular complexity index is 453. The van der Waals surface area contributed by atoms with Gasteiger partial charge in [-0.3, -0.25) is 9.88 Å². The topological polar surface area (TPSA) is 95.9 Å². The lowest BCUT2D eigenvalue weighted by Gasteiger charge is -2.09. The van der Waals surface area contributed by atoms with E-state index in [1.807, 2.05) is 11.4 Å². The van der Waals surface area contributed by atoms with Crippen LogP contribution in [0.1, 0.15) is 5.56 Å². The summed E-state index contributed by atoms with van der Waals surface area (Å²) in [5, 5.41) is 1.87. The second-order valence-corrected chi connectivity index (χ2v) is 4.81. The third-order valence-corrected chi connectivity index (χ3v) is 2.63. The maximum Gasteiger partial charge on any atom is 0.412 e. The van der Waals surface area contributed by atoms with E-state index in [0.717, 1.165) is 5.56 Å². The van der Waals surface area contributed by atoms with Crippen LogP contribution in [0.2, 0.25) is 0 Å². The Morgan fingerprint density at radius 2 is 1.94 bits per heavy atom. The van der Waals surface area contributed by atoms with Gasteiger partial charge in [-0.15, -0.1) is 0 Å². The molecule has 0 saturated heterocycles. The summed E-state index contributed by atoms with van der Waals surface area (Å²) in [4.78, 5) is 28.5. The van der Waals surface area contributed by atoms with Gasteiger partial charge in [-0.1, -0.05) is 36.9 Å². The summed E-state index contributed by atoms with van der Waals surface area (Å²) in [6, 6.07) is 8.89. The fraction of sp³-hybridized carbons (Fsp3) is 0.100. The highest BCUT2D eigenvalue weighted by molar-refractivity contribution is 7.56. The van der Waals surface area contributed by atoms with Gasteiger partial charge in [-0.25, -0.2) is 4.79 Å². The number of nitrogens with one attached hydrogen (secondary N) is 1. The van der Waals surface area contributed by atoms with Crippen molar-refractivity contribution in [1.82, 2.24) is 5.32 Å². The van der Waals surface area contributed by atoms with Crippen LogP contribution in [0.15, 0.2) is 42.3 Å². The number of alkyl carbamates (subject to hydrolysis) is 1. The number of hydrogen-bond donors (Lipinski definition) is 3. The van der Waals surface area contributed by atoms with Crippen molar-refractivity contribution in [3.63, 3.8) is 0 Å². The molecule has 0 heterocycles. The molecule has 1 aromatic carbocycles. The minimum atomic E-state index is -4.51. The largest absolute Gasteiger partial charge is 0.444 e. The van der Waals surface area contributed by atoms with Gasteiger partial charge in [0.15, 0.2) is 0 Å². The number of carbonyl (C=O) groups is 1. The maximum absolute atomic E-state index is 11.1. The molecule has 1 aromatic rings. The lowest BCUT2D eigenvalue weighted by molar-refractivity contribution is 0.142. The summed E-state index contributed by atoms with van der Waals surface area (Å²) in [5.74, 6) is 0. The smallest absolute Gasteiger partial charge is 0.412 e. The van der Waals surface area contributed by atoms with Crippen LogP contribution >= 0.6 is 7.60 Å². The zero-order valence-electron chi connectivity index (χ0n) is 8.87. The lowest BCUT2D eigenvalue weighted by Crippen LogP contribution is -2.23. The van der Waals surface area contributed by atoms with Crippen LogP contribution < -0.4 is 5.32 Å². The predicted octanol–water partition coefficient (Wildman–Crippen LogP) is 1.56. The number of rotatable bonds is 4. The van der Waals surface area contributed by atoms with Crippen LogP contribution in [0.3, 0.4) is 0 Å². The minimum Gasteiger partial charge on any atom is -0.444 e. The molecule has 0 aliphatic heterocycles. The van der Waals surface area contributed by atoms with Gasteiger partial charge >= 0.3 is 13.7 Å². The Balaban J connectivity index is 2.42. The molecule has 0 fully saturated rings. The van der Waals surface area contributed by atoms with Crippen molar-refractivity contribution >= 4 is 13.7 Å². The maximum atomic E-state index is 11.1. The molecule has 3 N–H and O–H groups in total. The van der Waals surface area contributed by atoms with Crippen molar-refractivity contribution in [3.05, 3.63) is 47.9 Å². The highest BCUT2D eigenvalue weighted by Crippen LogP contribution is 2.41. The number of benzene rings is 1. The van der Waals surface area contributed by atoms with E-state index in [-0.39, 0.29) is 6.61 Å². The molecule has 0 saturated carbocycles. The zero-order valence-corrected chi connectivity index (χ0v) is 9.76. The molecule has 0 radical (unpaired) electrons. The highest BCUT2D eigenvalue weighted by Gasteiger charge is 2.21. The van der Waals surface area contributed by atoms with Crippen LogP contribution in [-0.4, -0.2) is 15.9 Å². The van der Waals surface area contributed by atoms with E-state index in [9.17, 15) is 9.36 Å². The molecule has 17 heavy (non-hydrogen) atoms. The van der Waals surface area contributed by atoms with Gasteiger partial charge in [0.1, 0.15) is 12.0 Å². The van der Waals surface area contributed by atoms with Gasteiger partial charge < -0.3 is 14.5 Å². The Morgan fingerprint density at radius 1 is 1.35 bits per heavy atom. The van der Waals surface area contributed by atoms with Crippen molar-refractivity contribution in [2.24, 2.45) is 0 Å². The molecular weight excluding hydrogens is 245 g/mol. The standard InChI is InChI=1S/C10H12NO5P/c1-8(17(13,14)15)11-10(12)16-7-9-5-3-2-4-6-9/h2-6H,1,7H2,(H,11,12)(H2,13,14,15). The molecule has 0 spiro atoms.